The number of azide groups is 1. The maximum absolute atomic E-state index is 12.1. The molecule has 6 rings (SSSR count). The number of nitrogens with zero attached hydrogens (tertiary/aromatic N) is 5. The second kappa shape index (κ2) is 17.6. The molecule has 0 radical (unpaired) electrons. The van der Waals surface area contributed by atoms with Gasteiger partial charge in [-0.05, 0) is 78.7 Å². The molecule has 0 aromatic heterocycles. The van der Waals surface area contributed by atoms with Gasteiger partial charge in [-0.1, -0.05) is 19.0 Å². The van der Waals surface area contributed by atoms with Crippen LogP contribution in [-0.2, 0) is 41.5 Å². The van der Waals surface area contributed by atoms with Crippen molar-refractivity contribution in [2.75, 3.05) is 46.6 Å². The summed E-state index contributed by atoms with van der Waals surface area (Å²) in [6.45, 7) is 7.79. The van der Waals surface area contributed by atoms with Gasteiger partial charge < -0.3 is 25.4 Å². The molecular formula is C34H42N8O8S. The summed E-state index contributed by atoms with van der Waals surface area (Å²) in [6.07, 6.45) is 1.43. The zero-order valence-corrected chi connectivity index (χ0v) is 29.8. The molecule has 0 spiro atoms. The van der Waals surface area contributed by atoms with E-state index < -0.39 is 18.3 Å². The number of rotatable bonds is 6. The van der Waals surface area contributed by atoms with E-state index in [1.54, 1.807) is 17.0 Å². The van der Waals surface area contributed by atoms with Crippen LogP contribution in [0.4, 0.5) is 32.3 Å². The molecule has 17 heteroatoms. The van der Waals surface area contributed by atoms with E-state index in [2.05, 4.69) is 38.6 Å². The third-order valence-corrected chi connectivity index (χ3v) is 8.58. The summed E-state index contributed by atoms with van der Waals surface area (Å²) < 4.78 is 10.5. The van der Waals surface area contributed by atoms with Crippen molar-refractivity contribution in [2.45, 2.75) is 65.6 Å². The Morgan fingerprint density at radius 2 is 1.31 bits per heavy atom. The molecule has 0 saturated carbocycles. The number of carbonyl (C=O) groups is 6. The van der Waals surface area contributed by atoms with Gasteiger partial charge in [0, 0.05) is 53.3 Å². The molecule has 4 heterocycles. The zero-order chi connectivity index (χ0) is 37.2. The van der Waals surface area contributed by atoms with Crippen LogP contribution < -0.4 is 25.8 Å². The normalized spacial score (nSPS) is 22.0. The fraction of sp³-hybridized carbons (Fsp3) is 0.471. The van der Waals surface area contributed by atoms with E-state index in [1.807, 2.05) is 38.1 Å². The number of benzene rings is 2. The lowest BCUT2D eigenvalue weighted by Crippen LogP contribution is -2.33. The van der Waals surface area contributed by atoms with Crippen molar-refractivity contribution in [1.82, 2.24) is 5.32 Å². The Labute approximate surface area is 300 Å². The fourth-order valence-corrected chi connectivity index (χ4v) is 5.72. The third kappa shape index (κ3) is 10.6. The first-order valence-electron chi connectivity index (χ1n) is 16.5. The molecule has 2 unspecified atom stereocenters. The molecule has 2 aromatic rings. The Kier molecular flexibility index (Phi) is 13.3. The molecule has 2 fully saturated rings. The molecular weight excluding hydrogens is 680 g/mol. The van der Waals surface area contributed by atoms with Crippen molar-refractivity contribution in [2.24, 2.45) is 17.0 Å². The van der Waals surface area contributed by atoms with Gasteiger partial charge in [0.2, 0.25) is 17.7 Å². The Balaban J connectivity index is 0.000000207. The van der Waals surface area contributed by atoms with Gasteiger partial charge in [0.25, 0.3) is 0 Å². The quantitative estimate of drug-likeness (QED) is 0.138. The van der Waals surface area contributed by atoms with Crippen LogP contribution in [0.5, 0.6) is 0 Å². The van der Waals surface area contributed by atoms with Gasteiger partial charge in [0.05, 0.1) is 26.2 Å². The van der Waals surface area contributed by atoms with Gasteiger partial charge in [-0.25, -0.2) is 9.59 Å². The third-order valence-electron chi connectivity index (χ3n) is 8.58. The Morgan fingerprint density at radius 1 is 0.863 bits per heavy atom. The van der Waals surface area contributed by atoms with Crippen LogP contribution in [0.15, 0.2) is 41.5 Å². The van der Waals surface area contributed by atoms with Gasteiger partial charge >= 0.3 is 12.2 Å². The predicted molar refractivity (Wildman–Crippen MR) is 193 cm³/mol. The standard InChI is InChI=1S/C17H21N3O4.C15H17N5O3.C2H4OS/c1-10-3-4-12-7-13(5-6-15(12)19-16(10)22)20-9-14(24-17(20)23)8-18-11(2)21;1-9-2-3-10-6-11(4-5-13(10)18-14(9)21)20-8-12(7-17-19-16)23-15(20)22;1-2(3)4/h5-7,10,14H,3-4,8-9H2,1-2H3,(H,18,21)(H,19,22);4-6,9,12H,2-3,7-8H2,1H3,(H,18,21);1H3,(H,3,4)/t10?,14-;9?,12-;/m00./s1. The van der Waals surface area contributed by atoms with Crippen LogP contribution in [0.25, 0.3) is 10.4 Å². The summed E-state index contributed by atoms with van der Waals surface area (Å²) in [6, 6.07) is 11.1. The van der Waals surface area contributed by atoms with E-state index in [9.17, 15) is 28.8 Å². The van der Waals surface area contributed by atoms with Crippen molar-refractivity contribution < 1.29 is 38.2 Å². The average Bonchev–Trinajstić information content (AvgIpc) is 3.56. The second-order valence-electron chi connectivity index (χ2n) is 12.6. The fourth-order valence-electron chi connectivity index (χ4n) is 5.72. The lowest BCUT2D eigenvalue weighted by atomic mass is 10.0. The smallest absolute Gasteiger partial charge is 0.414 e. The minimum Gasteiger partial charge on any atom is -0.444 e. The van der Waals surface area contributed by atoms with E-state index in [-0.39, 0.29) is 47.3 Å². The molecule has 0 bridgehead atoms. The van der Waals surface area contributed by atoms with E-state index in [1.165, 1.54) is 18.7 Å². The van der Waals surface area contributed by atoms with Crippen LogP contribution >= 0.6 is 12.6 Å². The Morgan fingerprint density at radius 3 is 1.76 bits per heavy atom. The minimum absolute atomic E-state index is 0.0199. The summed E-state index contributed by atoms with van der Waals surface area (Å²) in [7, 11) is 0. The molecule has 2 saturated heterocycles. The van der Waals surface area contributed by atoms with Crippen molar-refractivity contribution in [1.29, 1.82) is 0 Å². The van der Waals surface area contributed by atoms with E-state index >= 15 is 0 Å². The van der Waals surface area contributed by atoms with Gasteiger partial charge in [-0.15, -0.1) is 12.6 Å². The van der Waals surface area contributed by atoms with Crippen LogP contribution in [0.2, 0.25) is 0 Å². The van der Waals surface area contributed by atoms with Crippen LogP contribution in [0.3, 0.4) is 0 Å². The maximum atomic E-state index is 12.1. The monoisotopic (exact) mass is 722 g/mol. The number of hydrogen-bond acceptors (Lipinski definition) is 9. The Hall–Kier alpha value is -5.28. The lowest BCUT2D eigenvalue weighted by Gasteiger charge is -2.16. The highest BCUT2D eigenvalue weighted by Gasteiger charge is 2.34. The van der Waals surface area contributed by atoms with Crippen molar-refractivity contribution in [3.63, 3.8) is 0 Å². The van der Waals surface area contributed by atoms with Crippen LogP contribution in [-0.4, -0.2) is 73.4 Å². The Bertz CT molecular complexity index is 1730. The number of hydrogen-bond donors (Lipinski definition) is 4. The first-order valence-corrected chi connectivity index (χ1v) is 17.0. The molecule has 5 amide bonds. The number of cyclic esters (lactones) is 2. The first kappa shape index (κ1) is 38.5. The number of carbonyl (C=O) groups excluding carboxylic acids is 6. The molecule has 16 nitrogen and oxygen atoms in total. The van der Waals surface area contributed by atoms with Gasteiger partial charge in [-0.2, -0.15) is 0 Å². The predicted octanol–water partition coefficient (Wildman–Crippen LogP) is 4.97. The average molecular weight is 723 g/mol. The minimum atomic E-state index is -0.450. The van der Waals surface area contributed by atoms with Crippen LogP contribution in [0, 0.1) is 11.8 Å². The number of amides is 5. The lowest BCUT2D eigenvalue weighted by molar-refractivity contribution is -0.120. The molecule has 4 atom stereocenters. The van der Waals surface area contributed by atoms with E-state index in [0.717, 1.165) is 59.6 Å². The SMILES string of the molecule is CC(=O)NC[C@H]1CN(c2ccc3c(c2)CCC(C)C(=O)N3)C(=O)O1.CC(=O)S.CC1CCc2cc(N3C[C@H](CN=[N+]=[N-])OC3=O)ccc2NC1=O. The summed E-state index contributed by atoms with van der Waals surface area (Å²) in [5.74, 6) is -0.168. The maximum Gasteiger partial charge on any atom is 0.414 e. The molecule has 3 N–H and O–H groups in total. The summed E-state index contributed by atoms with van der Waals surface area (Å²) >= 11 is 3.33. The first-order chi connectivity index (χ1) is 24.2. The molecule has 4 aliphatic rings. The highest BCUT2D eigenvalue weighted by molar-refractivity contribution is 7.96. The molecule has 0 aliphatic carbocycles. The highest BCUT2D eigenvalue weighted by atomic mass is 32.1. The molecule has 4 aliphatic heterocycles. The summed E-state index contributed by atoms with van der Waals surface area (Å²) in [5.41, 5.74) is 13.4. The number of anilines is 4. The van der Waals surface area contributed by atoms with Gasteiger partial charge in [0.1, 0.15) is 12.2 Å². The summed E-state index contributed by atoms with van der Waals surface area (Å²) in [4.78, 5) is 73.9. The number of nitrogens with one attached hydrogen (secondary N) is 3. The van der Waals surface area contributed by atoms with Crippen molar-refractivity contribution >= 4 is 70.4 Å². The van der Waals surface area contributed by atoms with Crippen molar-refractivity contribution in [3.05, 3.63) is 58.0 Å². The molecule has 51 heavy (non-hydrogen) atoms. The molecule has 2 aromatic carbocycles. The topological polar surface area (TPSA) is 212 Å². The summed E-state index contributed by atoms with van der Waals surface area (Å²) in [5, 5.41) is 11.8. The van der Waals surface area contributed by atoms with E-state index in [0.29, 0.717) is 19.6 Å². The zero-order valence-electron chi connectivity index (χ0n) is 28.9. The molecule has 272 valence electrons. The largest absolute Gasteiger partial charge is 0.444 e. The number of fused-ring (bicyclic) bond motifs is 2. The second-order valence-corrected chi connectivity index (χ2v) is 13.3. The number of thiol groups is 1. The highest BCUT2D eigenvalue weighted by Crippen LogP contribution is 2.32. The van der Waals surface area contributed by atoms with Crippen molar-refractivity contribution in [3.8, 4) is 0 Å². The van der Waals surface area contributed by atoms with Gasteiger partial charge in [-0.3, -0.25) is 29.0 Å². The number of ether oxygens (including phenoxy) is 2. The van der Waals surface area contributed by atoms with E-state index in [4.69, 9.17) is 15.0 Å². The van der Waals surface area contributed by atoms with Crippen LogP contribution in [0.1, 0.15) is 51.7 Å². The number of aryl methyl sites for hydroxylation is 2. The van der Waals surface area contributed by atoms with Gasteiger partial charge in [0.15, 0.2) is 5.12 Å².